The average Bonchev–Trinajstić information content (AvgIpc) is 3.52. The van der Waals surface area contributed by atoms with Crippen LogP contribution in [-0.2, 0) is 11.2 Å². The van der Waals surface area contributed by atoms with Gasteiger partial charge in [0.25, 0.3) is 0 Å². The van der Waals surface area contributed by atoms with Crippen molar-refractivity contribution in [2.24, 2.45) is 17.8 Å². The van der Waals surface area contributed by atoms with E-state index in [0.717, 1.165) is 37.9 Å². The first-order valence-corrected chi connectivity index (χ1v) is 12.8. The van der Waals surface area contributed by atoms with E-state index in [1.165, 1.54) is 75.6 Å². The Bertz CT molecular complexity index is 723. The van der Waals surface area contributed by atoms with E-state index in [1.54, 1.807) is 0 Å². The summed E-state index contributed by atoms with van der Waals surface area (Å²) in [6.07, 6.45) is 12.6. The maximum Gasteiger partial charge on any atom is 0.225 e. The summed E-state index contributed by atoms with van der Waals surface area (Å²) in [5, 5.41) is 0. The van der Waals surface area contributed by atoms with Crippen molar-refractivity contribution in [3.8, 4) is 0 Å². The maximum atomic E-state index is 13.0. The van der Waals surface area contributed by atoms with Crippen LogP contribution < -0.4 is 0 Å². The molecule has 0 aromatic heterocycles. The van der Waals surface area contributed by atoms with Crippen LogP contribution in [0.25, 0.3) is 0 Å². The molecule has 2 saturated carbocycles. The van der Waals surface area contributed by atoms with Gasteiger partial charge in [-0.1, -0.05) is 43.5 Å². The highest BCUT2D eigenvalue weighted by atomic mass is 16.2. The normalized spacial score (nSPS) is 32.6. The molecule has 1 aromatic carbocycles. The Kier molecular flexibility index (Phi) is 6.18. The molecule has 3 nitrogen and oxygen atoms in total. The van der Waals surface area contributed by atoms with Crippen molar-refractivity contribution in [1.29, 1.82) is 0 Å². The van der Waals surface area contributed by atoms with Gasteiger partial charge in [0.05, 0.1) is 0 Å². The molecule has 2 heterocycles. The lowest BCUT2D eigenvalue weighted by Crippen LogP contribution is -2.34. The molecule has 2 aliphatic carbocycles. The number of fused-ring (bicyclic) bond motifs is 1. The third kappa shape index (κ3) is 4.20. The average molecular weight is 409 g/mol. The molecular formula is C27H40N2O. The van der Waals surface area contributed by atoms with Crippen molar-refractivity contribution in [3.05, 3.63) is 35.4 Å². The molecule has 4 atom stereocenters. The van der Waals surface area contributed by atoms with Gasteiger partial charge in [0.2, 0.25) is 5.91 Å². The van der Waals surface area contributed by atoms with Crippen molar-refractivity contribution in [3.63, 3.8) is 0 Å². The van der Waals surface area contributed by atoms with Gasteiger partial charge in [-0.3, -0.25) is 4.79 Å². The third-order valence-electron chi connectivity index (χ3n) is 8.90. The minimum Gasteiger partial charge on any atom is -0.342 e. The minimum atomic E-state index is 0.334. The van der Waals surface area contributed by atoms with Gasteiger partial charge < -0.3 is 9.80 Å². The molecule has 0 N–H and O–H groups in total. The van der Waals surface area contributed by atoms with Gasteiger partial charge in [0.15, 0.2) is 0 Å². The predicted molar refractivity (Wildman–Crippen MR) is 123 cm³/mol. The molecule has 2 saturated heterocycles. The molecule has 1 aromatic rings. The molecule has 30 heavy (non-hydrogen) atoms. The quantitative estimate of drug-likeness (QED) is 0.665. The van der Waals surface area contributed by atoms with E-state index in [9.17, 15) is 4.79 Å². The van der Waals surface area contributed by atoms with E-state index in [0.29, 0.717) is 23.7 Å². The Morgan fingerprint density at radius 2 is 1.73 bits per heavy atom. The van der Waals surface area contributed by atoms with E-state index >= 15 is 0 Å². The molecular weight excluding hydrogens is 368 g/mol. The number of hydrogen-bond donors (Lipinski definition) is 0. The second-order valence-electron chi connectivity index (χ2n) is 10.7. The maximum absolute atomic E-state index is 13.0. The summed E-state index contributed by atoms with van der Waals surface area (Å²) in [5.74, 6) is 2.87. The van der Waals surface area contributed by atoms with Crippen molar-refractivity contribution < 1.29 is 4.79 Å². The highest BCUT2D eigenvalue weighted by molar-refractivity contribution is 5.79. The fourth-order valence-corrected chi connectivity index (χ4v) is 7.03. The number of carbonyl (C=O) groups excluding carboxylic acids is 1. The minimum absolute atomic E-state index is 0.334. The van der Waals surface area contributed by atoms with E-state index < -0.39 is 0 Å². The summed E-state index contributed by atoms with van der Waals surface area (Å²) in [7, 11) is 0. The monoisotopic (exact) mass is 408 g/mol. The lowest BCUT2D eigenvalue weighted by molar-refractivity contribution is -0.134. The number of rotatable bonds is 5. The fourth-order valence-electron chi connectivity index (χ4n) is 7.03. The van der Waals surface area contributed by atoms with Gasteiger partial charge in [0, 0.05) is 31.6 Å². The van der Waals surface area contributed by atoms with Crippen LogP contribution >= 0.6 is 0 Å². The molecule has 0 bridgehead atoms. The molecule has 1 unspecified atom stereocenters. The van der Waals surface area contributed by atoms with Crippen molar-refractivity contribution in [2.45, 2.75) is 83.1 Å². The Morgan fingerprint density at radius 1 is 0.933 bits per heavy atom. The zero-order chi connectivity index (χ0) is 20.5. The van der Waals surface area contributed by atoms with E-state index in [-0.39, 0.29) is 0 Å². The van der Waals surface area contributed by atoms with Crippen LogP contribution in [-0.4, -0.2) is 47.9 Å². The van der Waals surface area contributed by atoms with Gasteiger partial charge in [-0.25, -0.2) is 0 Å². The van der Waals surface area contributed by atoms with E-state index in [4.69, 9.17) is 0 Å². The standard InChI is InChI=1S/C27H40N2O/c1-20-6-5-16-28(20)17-15-21-11-13-22(14-12-21)25-10-4-9-24-18-29(19-26(24)25)27(30)23-7-2-3-8-23/h11-14,20,23-26H,2-10,15-19H2,1H3/t20-,24+,25?,26-/m1/s1. The molecule has 2 aliphatic heterocycles. The molecule has 3 heteroatoms. The Hall–Kier alpha value is -1.35. The second kappa shape index (κ2) is 9.02. The topological polar surface area (TPSA) is 23.6 Å². The summed E-state index contributed by atoms with van der Waals surface area (Å²) < 4.78 is 0. The smallest absolute Gasteiger partial charge is 0.225 e. The lowest BCUT2D eigenvalue weighted by atomic mass is 9.71. The number of likely N-dealkylation sites (tertiary alicyclic amines) is 2. The van der Waals surface area contributed by atoms with Gasteiger partial charge in [-0.05, 0) is 87.3 Å². The number of hydrogen-bond acceptors (Lipinski definition) is 2. The zero-order valence-electron chi connectivity index (χ0n) is 18.9. The SMILES string of the molecule is C[C@@H]1CCCN1CCc1ccc(C2CCC[C@H]3CN(C(=O)C4CCCC4)C[C@@H]23)cc1. The van der Waals surface area contributed by atoms with Crippen LogP contribution in [0.2, 0.25) is 0 Å². The molecule has 0 radical (unpaired) electrons. The first-order chi connectivity index (χ1) is 14.7. The summed E-state index contributed by atoms with van der Waals surface area (Å²) in [5.41, 5.74) is 3.01. The third-order valence-corrected chi connectivity index (χ3v) is 8.90. The summed E-state index contributed by atoms with van der Waals surface area (Å²) in [4.78, 5) is 17.9. The number of amides is 1. The Balaban J connectivity index is 1.21. The summed E-state index contributed by atoms with van der Waals surface area (Å²) in [6, 6.07) is 10.4. The Morgan fingerprint density at radius 3 is 2.47 bits per heavy atom. The van der Waals surface area contributed by atoms with Crippen molar-refractivity contribution in [2.75, 3.05) is 26.2 Å². The van der Waals surface area contributed by atoms with E-state index in [1.807, 2.05) is 0 Å². The first kappa shape index (κ1) is 20.5. The molecule has 1 amide bonds. The summed E-state index contributed by atoms with van der Waals surface area (Å²) >= 11 is 0. The zero-order valence-corrected chi connectivity index (χ0v) is 18.9. The van der Waals surface area contributed by atoms with Gasteiger partial charge >= 0.3 is 0 Å². The van der Waals surface area contributed by atoms with Crippen LogP contribution in [0, 0.1) is 17.8 Å². The van der Waals surface area contributed by atoms with E-state index in [2.05, 4.69) is 41.0 Å². The Labute approximate surface area is 183 Å². The highest BCUT2D eigenvalue weighted by Gasteiger charge is 2.43. The highest BCUT2D eigenvalue weighted by Crippen LogP contribution is 2.46. The number of benzene rings is 1. The second-order valence-corrected chi connectivity index (χ2v) is 10.7. The van der Waals surface area contributed by atoms with Crippen LogP contribution in [0.1, 0.15) is 81.8 Å². The number of nitrogens with zero attached hydrogens (tertiary/aromatic N) is 2. The van der Waals surface area contributed by atoms with Crippen LogP contribution in [0.4, 0.5) is 0 Å². The summed E-state index contributed by atoms with van der Waals surface area (Å²) in [6.45, 7) is 6.90. The van der Waals surface area contributed by atoms with Gasteiger partial charge in [-0.15, -0.1) is 0 Å². The first-order valence-electron chi connectivity index (χ1n) is 12.8. The predicted octanol–water partition coefficient (Wildman–Crippen LogP) is 5.25. The largest absolute Gasteiger partial charge is 0.342 e. The van der Waals surface area contributed by atoms with Gasteiger partial charge in [0.1, 0.15) is 0 Å². The molecule has 0 spiro atoms. The van der Waals surface area contributed by atoms with Crippen LogP contribution in [0.5, 0.6) is 0 Å². The van der Waals surface area contributed by atoms with Crippen LogP contribution in [0.3, 0.4) is 0 Å². The molecule has 4 aliphatic rings. The fraction of sp³-hybridized carbons (Fsp3) is 0.741. The van der Waals surface area contributed by atoms with Crippen molar-refractivity contribution in [1.82, 2.24) is 9.80 Å². The number of carbonyl (C=O) groups is 1. The van der Waals surface area contributed by atoms with Gasteiger partial charge in [-0.2, -0.15) is 0 Å². The van der Waals surface area contributed by atoms with Crippen LogP contribution in [0.15, 0.2) is 24.3 Å². The molecule has 164 valence electrons. The molecule has 5 rings (SSSR count). The molecule has 4 fully saturated rings. The van der Waals surface area contributed by atoms with Crippen molar-refractivity contribution >= 4 is 5.91 Å². The lowest BCUT2D eigenvalue weighted by Gasteiger charge is -2.33.